The predicted octanol–water partition coefficient (Wildman–Crippen LogP) is -0.234. The summed E-state index contributed by atoms with van der Waals surface area (Å²) in [6, 6.07) is 7.36. The Bertz CT molecular complexity index is 832. The van der Waals surface area contributed by atoms with Crippen molar-refractivity contribution in [3.8, 4) is 0 Å². The van der Waals surface area contributed by atoms with Gasteiger partial charge in [-0.1, -0.05) is 30.3 Å². The van der Waals surface area contributed by atoms with Crippen LogP contribution in [0.4, 0.5) is 4.79 Å². The topological polar surface area (TPSA) is 183 Å². The molecule has 0 unspecified atom stereocenters. The molecule has 0 saturated heterocycles. The molecule has 34 heavy (non-hydrogen) atoms. The van der Waals surface area contributed by atoms with Gasteiger partial charge in [0.05, 0.1) is 38.1 Å². The number of ether oxygens (including phenoxy) is 3. The van der Waals surface area contributed by atoms with Crippen LogP contribution in [0.25, 0.3) is 0 Å². The van der Waals surface area contributed by atoms with Crippen LogP contribution in [0, 0.1) is 5.92 Å². The summed E-state index contributed by atoms with van der Waals surface area (Å²) in [5, 5.41) is 14.6. The Morgan fingerprint density at radius 3 is 2.21 bits per heavy atom. The molecular formula is C22H31N3O9. The molecule has 0 spiro atoms. The summed E-state index contributed by atoms with van der Waals surface area (Å²) in [4.78, 5) is 60.1. The SMILES string of the molecule is CCOC(=O)C[C@@H](C(=O)OCC)[C@H](NC(=O)C[C@@H](O)CNC(=O)OCc1ccccc1)C(N)=O. The lowest BCUT2D eigenvalue weighted by atomic mass is 9.95. The van der Waals surface area contributed by atoms with Gasteiger partial charge in [-0.25, -0.2) is 4.79 Å². The molecular weight excluding hydrogens is 450 g/mol. The molecule has 0 saturated carbocycles. The van der Waals surface area contributed by atoms with Gasteiger partial charge in [-0.3, -0.25) is 19.2 Å². The van der Waals surface area contributed by atoms with Crippen LogP contribution in [0.15, 0.2) is 30.3 Å². The number of rotatable bonds is 14. The van der Waals surface area contributed by atoms with E-state index in [1.807, 2.05) is 6.07 Å². The lowest BCUT2D eigenvalue weighted by Gasteiger charge is -2.24. The van der Waals surface area contributed by atoms with Crippen LogP contribution in [0.2, 0.25) is 0 Å². The monoisotopic (exact) mass is 481 g/mol. The number of carbonyl (C=O) groups excluding carboxylic acids is 5. The molecule has 0 radical (unpaired) electrons. The minimum Gasteiger partial charge on any atom is -0.466 e. The van der Waals surface area contributed by atoms with Crippen LogP contribution < -0.4 is 16.4 Å². The number of amides is 3. The van der Waals surface area contributed by atoms with Crippen LogP contribution in [-0.4, -0.2) is 66.9 Å². The fourth-order valence-electron chi connectivity index (χ4n) is 2.85. The highest BCUT2D eigenvalue weighted by atomic mass is 16.6. The number of carbonyl (C=O) groups is 5. The number of benzene rings is 1. The lowest BCUT2D eigenvalue weighted by Crippen LogP contribution is -2.53. The van der Waals surface area contributed by atoms with Gasteiger partial charge in [0, 0.05) is 6.54 Å². The minimum absolute atomic E-state index is 0.0255. The largest absolute Gasteiger partial charge is 0.466 e. The zero-order chi connectivity index (χ0) is 25.5. The summed E-state index contributed by atoms with van der Waals surface area (Å²) in [6.07, 6.45) is -3.20. The number of primary amides is 1. The van der Waals surface area contributed by atoms with Crippen molar-refractivity contribution in [1.82, 2.24) is 10.6 Å². The van der Waals surface area contributed by atoms with Gasteiger partial charge >= 0.3 is 18.0 Å². The van der Waals surface area contributed by atoms with Crippen molar-refractivity contribution in [2.75, 3.05) is 19.8 Å². The van der Waals surface area contributed by atoms with Gasteiger partial charge in [0.1, 0.15) is 12.6 Å². The minimum atomic E-state index is -1.58. The molecule has 12 heteroatoms. The maximum atomic E-state index is 12.3. The normalized spacial score (nSPS) is 13.0. The molecule has 0 aromatic heterocycles. The Morgan fingerprint density at radius 1 is 0.971 bits per heavy atom. The van der Waals surface area contributed by atoms with E-state index in [9.17, 15) is 29.1 Å². The van der Waals surface area contributed by atoms with Gasteiger partial charge in [-0.05, 0) is 19.4 Å². The Morgan fingerprint density at radius 2 is 1.62 bits per heavy atom. The summed E-state index contributed by atoms with van der Waals surface area (Å²) < 4.78 is 14.7. The first-order valence-electron chi connectivity index (χ1n) is 10.7. The second-order valence-corrected chi connectivity index (χ2v) is 7.12. The molecule has 188 valence electrons. The summed E-state index contributed by atoms with van der Waals surface area (Å²) in [7, 11) is 0. The molecule has 3 amide bonds. The molecule has 5 N–H and O–H groups in total. The third kappa shape index (κ3) is 10.8. The molecule has 0 aliphatic heterocycles. The number of aliphatic hydroxyl groups excluding tert-OH is 1. The molecule has 0 bridgehead atoms. The van der Waals surface area contributed by atoms with E-state index in [1.165, 1.54) is 6.92 Å². The van der Waals surface area contributed by atoms with Crippen molar-refractivity contribution in [3.05, 3.63) is 35.9 Å². The second kappa shape index (κ2) is 15.2. The van der Waals surface area contributed by atoms with E-state index in [0.29, 0.717) is 0 Å². The fraction of sp³-hybridized carbons (Fsp3) is 0.500. The van der Waals surface area contributed by atoms with Crippen LogP contribution in [0.3, 0.4) is 0 Å². The van der Waals surface area contributed by atoms with Gasteiger partial charge in [-0.15, -0.1) is 0 Å². The third-order valence-electron chi connectivity index (χ3n) is 4.42. The maximum absolute atomic E-state index is 12.3. The van der Waals surface area contributed by atoms with Gasteiger partial charge in [-0.2, -0.15) is 0 Å². The average molecular weight is 482 g/mol. The Balaban J connectivity index is 2.62. The number of hydrogen-bond acceptors (Lipinski definition) is 9. The fourth-order valence-corrected chi connectivity index (χ4v) is 2.85. The van der Waals surface area contributed by atoms with Gasteiger partial charge in [0.2, 0.25) is 11.8 Å². The van der Waals surface area contributed by atoms with Crippen molar-refractivity contribution in [2.45, 2.75) is 45.4 Å². The first kappa shape index (κ1) is 28.4. The summed E-state index contributed by atoms with van der Waals surface area (Å²) >= 11 is 0. The van der Waals surface area contributed by atoms with Crippen LogP contribution >= 0.6 is 0 Å². The Hall–Kier alpha value is -3.67. The van der Waals surface area contributed by atoms with Crippen LogP contribution in [-0.2, 0) is 40.0 Å². The summed E-state index contributed by atoms with van der Waals surface area (Å²) in [5.74, 6) is -5.02. The Kier molecular flexibility index (Phi) is 12.7. The average Bonchev–Trinajstić information content (AvgIpc) is 2.79. The first-order chi connectivity index (χ1) is 16.2. The molecule has 0 fully saturated rings. The number of nitrogens with one attached hydrogen (secondary N) is 2. The van der Waals surface area contributed by atoms with Gasteiger partial charge in [0.15, 0.2) is 0 Å². The van der Waals surface area contributed by atoms with Crippen molar-refractivity contribution in [1.29, 1.82) is 0 Å². The number of aliphatic hydroxyl groups is 1. The van der Waals surface area contributed by atoms with Crippen molar-refractivity contribution in [2.24, 2.45) is 11.7 Å². The smallest absolute Gasteiger partial charge is 0.407 e. The van der Waals surface area contributed by atoms with E-state index in [1.54, 1.807) is 31.2 Å². The summed E-state index contributed by atoms with van der Waals surface area (Å²) in [6.45, 7) is 2.84. The molecule has 3 atom stereocenters. The highest BCUT2D eigenvalue weighted by Gasteiger charge is 2.37. The molecule has 1 aromatic rings. The quantitative estimate of drug-likeness (QED) is 0.206. The standard InChI is InChI=1S/C22H31N3O9/c1-3-32-18(28)11-16(21(30)33-4-2)19(20(23)29)25-17(27)10-15(26)12-24-22(31)34-13-14-8-6-5-7-9-14/h5-9,15-16,19,26H,3-4,10-13H2,1-2H3,(H2,23,29)(H,24,31)(H,25,27)/t15-,16-,19+/m1/s1. The van der Waals surface area contributed by atoms with Gasteiger partial charge < -0.3 is 35.7 Å². The van der Waals surface area contributed by atoms with Gasteiger partial charge in [0.25, 0.3) is 0 Å². The zero-order valence-corrected chi connectivity index (χ0v) is 19.2. The highest BCUT2D eigenvalue weighted by molar-refractivity contribution is 5.93. The van der Waals surface area contributed by atoms with Crippen molar-refractivity contribution < 1.29 is 43.3 Å². The molecule has 0 heterocycles. The molecule has 1 aromatic carbocycles. The van der Waals surface area contributed by atoms with E-state index in [0.717, 1.165) is 5.56 Å². The molecule has 0 aliphatic rings. The van der Waals surface area contributed by atoms with E-state index >= 15 is 0 Å². The van der Waals surface area contributed by atoms with E-state index < -0.39 is 60.8 Å². The highest BCUT2D eigenvalue weighted by Crippen LogP contribution is 2.14. The van der Waals surface area contributed by atoms with Crippen molar-refractivity contribution in [3.63, 3.8) is 0 Å². The predicted molar refractivity (Wildman–Crippen MR) is 118 cm³/mol. The van der Waals surface area contributed by atoms with E-state index in [2.05, 4.69) is 10.6 Å². The number of alkyl carbamates (subject to hydrolysis) is 1. The van der Waals surface area contributed by atoms with E-state index in [-0.39, 0.29) is 26.4 Å². The van der Waals surface area contributed by atoms with Crippen LogP contribution in [0.1, 0.15) is 32.3 Å². The zero-order valence-electron chi connectivity index (χ0n) is 19.2. The maximum Gasteiger partial charge on any atom is 0.407 e. The van der Waals surface area contributed by atoms with E-state index in [4.69, 9.17) is 19.9 Å². The Labute approximate surface area is 197 Å². The number of hydrogen-bond donors (Lipinski definition) is 4. The first-order valence-corrected chi connectivity index (χ1v) is 10.7. The van der Waals surface area contributed by atoms with Crippen molar-refractivity contribution >= 4 is 29.8 Å². The third-order valence-corrected chi connectivity index (χ3v) is 4.42. The summed E-state index contributed by atoms with van der Waals surface area (Å²) in [5.41, 5.74) is 6.10. The second-order valence-electron chi connectivity index (χ2n) is 7.12. The molecule has 1 rings (SSSR count). The van der Waals surface area contributed by atoms with Crippen LogP contribution in [0.5, 0.6) is 0 Å². The number of esters is 2. The molecule has 12 nitrogen and oxygen atoms in total. The lowest BCUT2D eigenvalue weighted by molar-refractivity contribution is -0.157. The number of nitrogens with two attached hydrogens (primary N) is 1. The molecule has 0 aliphatic carbocycles.